The first kappa shape index (κ1) is 18.9. The summed E-state index contributed by atoms with van der Waals surface area (Å²) in [5.41, 5.74) is 1.18. The van der Waals surface area contributed by atoms with Crippen LogP contribution in [0.1, 0.15) is 0 Å². The molecule has 0 aromatic heterocycles. The van der Waals surface area contributed by atoms with Crippen LogP contribution >= 0.6 is 35.0 Å². The van der Waals surface area contributed by atoms with E-state index in [4.69, 9.17) is 23.2 Å². The lowest BCUT2D eigenvalue weighted by molar-refractivity contribution is -0.903. The number of thioether (sulfide) groups is 1. The van der Waals surface area contributed by atoms with Gasteiger partial charge < -0.3 is 14.9 Å². The number of halogens is 2. The van der Waals surface area contributed by atoms with Gasteiger partial charge >= 0.3 is 0 Å². The van der Waals surface area contributed by atoms with Crippen molar-refractivity contribution in [3.8, 4) is 0 Å². The molecule has 0 bridgehead atoms. The molecule has 0 spiro atoms. The molecular formula is C19H23Cl2N2OS+. The molecule has 0 radical (unpaired) electrons. The fourth-order valence-electron chi connectivity index (χ4n) is 3.10. The Morgan fingerprint density at radius 1 is 1.04 bits per heavy atom. The third kappa shape index (κ3) is 5.80. The molecule has 25 heavy (non-hydrogen) atoms. The van der Waals surface area contributed by atoms with Gasteiger partial charge in [0.25, 0.3) is 0 Å². The number of aliphatic hydroxyl groups is 1. The standard InChI is InChI=1S/C19H22Cl2N2OS/c20-15-3-1-5-17(11-15)23-9-7-22(8-10-23)13-18(24)14-25-19-6-2-4-16(21)12-19/h1-6,11-12,18,24H,7-10,13-14H2/p+1/t18-/m1/s1. The molecule has 0 amide bonds. The summed E-state index contributed by atoms with van der Waals surface area (Å²) in [6.07, 6.45) is -0.309. The largest absolute Gasteiger partial charge is 0.386 e. The van der Waals surface area contributed by atoms with Crippen LogP contribution in [-0.4, -0.2) is 49.7 Å². The van der Waals surface area contributed by atoms with Crippen LogP contribution in [0.25, 0.3) is 0 Å². The molecule has 0 unspecified atom stereocenters. The van der Waals surface area contributed by atoms with Crippen molar-refractivity contribution in [1.82, 2.24) is 0 Å². The van der Waals surface area contributed by atoms with Gasteiger partial charge in [-0.05, 0) is 36.4 Å². The summed E-state index contributed by atoms with van der Waals surface area (Å²) in [7, 11) is 0. The summed E-state index contributed by atoms with van der Waals surface area (Å²) < 4.78 is 0. The van der Waals surface area contributed by atoms with Gasteiger partial charge in [-0.1, -0.05) is 35.3 Å². The molecule has 3 nitrogen and oxygen atoms in total. The number of benzene rings is 2. The van der Waals surface area contributed by atoms with Gasteiger partial charge in [-0.3, -0.25) is 0 Å². The summed E-state index contributed by atoms with van der Waals surface area (Å²) in [6.45, 7) is 4.83. The van der Waals surface area contributed by atoms with Crippen molar-refractivity contribution in [3.63, 3.8) is 0 Å². The van der Waals surface area contributed by atoms with Crippen molar-refractivity contribution >= 4 is 40.7 Å². The molecular weight excluding hydrogens is 375 g/mol. The van der Waals surface area contributed by atoms with E-state index in [0.717, 1.165) is 47.7 Å². The van der Waals surface area contributed by atoms with Crippen LogP contribution in [0.5, 0.6) is 0 Å². The van der Waals surface area contributed by atoms with Crippen molar-refractivity contribution in [1.29, 1.82) is 0 Å². The monoisotopic (exact) mass is 397 g/mol. The van der Waals surface area contributed by atoms with E-state index >= 15 is 0 Å². The number of nitrogens with zero attached hydrogens (tertiary/aromatic N) is 1. The van der Waals surface area contributed by atoms with E-state index in [2.05, 4.69) is 11.0 Å². The molecule has 3 rings (SSSR count). The molecule has 0 aliphatic carbocycles. The predicted molar refractivity (Wildman–Crippen MR) is 107 cm³/mol. The average Bonchev–Trinajstić information content (AvgIpc) is 2.61. The molecule has 1 fully saturated rings. The van der Waals surface area contributed by atoms with Crippen LogP contribution in [0.15, 0.2) is 53.4 Å². The molecule has 134 valence electrons. The highest BCUT2D eigenvalue weighted by atomic mass is 35.5. The van der Waals surface area contributed by atoms with Crippen LogP contribution in [0, 0.1) is 0 Å². The first-order chi connectivity index (χ1) is 12.1. The number of piperazine rings is 1. The SMILES string of the molecule is O[C@@H](CSc1cccc(Cl)c1)C[NH+]1CCN(c2cccc(Cl)c2)CC1. The van der Waals surface area contributed by atoms with Gasteiger partial charge in [-0.15, -0.1) is 11.8 Å². The van der Waals surface area contributed by atoms with Gasteiger partial charge in [-0.2, -0.15) is 0 Å². The van der Waals surface area contributed by atoms with Crippen molar-refractivity contribution in [2.45, 2.75) is 11.0 Å². The van der Waals surface area contributed by atoms with Crippen LogP contribution in [0.4, 0.5) is 5.69 Å². The maximum absolute atomic E-state index is 10.3. The topological polar surface area (TPSA) is 27.9 Å². The minimum Gasteiger partial charge on any atom is -0.386 e. The Balaban J connectivity index is 1.42. The van der Waals surface area contributed by atoms with E-state index in [9.17, 15) is 5.11 Å². The first-order valence-electron chi connectivity index (χ1n) is 8.50. The van der Waals surface area contributed by atoms with E-state index in [1.165, 1.54) is 10.6 Å². The lowest BCUT2D eigenvalue weighted by Gasteiger charge is -2.34. The maximum Gasteiger partial charge on any atom is 0.112 e. The number of rotatable bonds is 6. The van der Waals surface area contributed by atoms with E-state index < -0.39 is 0 Å². The van der Waals surface area contributed by atoms with Gasteiger partial charge in [-0.25, -0.2) is 0 Å². The zero-order chi connectivity index (χ0) is 17.6. The summed E-state index contributed by atoms with van der Waals surface area (Å²) >= 11 is 13.7. The highest BCUT2D eigenvalue weighted by molar-refractivity contribution is 7.99. The summed E-state index contributed by atoms with van der Waals surface area (Å²) in [5, 5.41) is 11.9. The minimum absolute atomic E-state index is 0.309. The minimum atomic E-state index is -0.309. The number of aliphatic hydroxyl groups excluding tert-OH is 1. The Kier molecular flexibility index (Phi) is 6.91. The fourth-order valence-corrected chi connectivity index (χ4v) is 4.43. The summed E-state index contributed by atoms with van der Waals surface area (Å²) in [5.74, 6) is 0.696. The molecule has 1 saturated heterocycles. The van der Waals surface area contributed by atoms with Crippen molar-refractivity contribution < 1.29 is 10.0 Å². The predicted octanol–water partition coefficient (Wildman–Crippen LogP) is 2.85. The number of hydrogen-bond acceptors (Lipinski definition) is 3. The zero-order valence-corrected chi connectivity index (χ0v) is 16.3. The Morgan fingerprint density at radius 3 is 2.40 bits per heavy atom. The lowest BCUT2D eigenvalue weighted by atomic mass is 10.2. The second kappa shape index (κ2) is 9.15. The van der Waals surface area contributed by atoms with E-state index in [-0.39, 0.29) is 6.10 Å². The van der Waals surface area contributed by atoms with Gasteiger partial charge in [0.15, 0.2) is 0 Å². The van der Waals surface area contributed by atoms with Gasteiger partial charge in [0, 0.05) is 26.4 Å². The molecule has 1 atom stereocenters. The van der Waals surface area contributed by atoms with Gasteiger partial charge in [0.2, 0.25) is 0 Å². The number of hydrogen-bond donors (Lipinski definition) is 2. The third-order valence-corrected chi connectivity index (χ3v) is 6.02. The summed E-state index contributed by atoms with van der Waals surface area (Å²) in [4.78, 5) is 4.92. The van der Waals surface area contributed by atoms with Crippen LogP contribution in [-0.2, 0) is 0 Å². The van der Waals surface area contributed by atoms with Crippen molar-refractivity contribution in [3.05, 3.63) is 58.6 Å². The van der Waals surface area contributed by atoms with Crippen LogP contribution in [0.3, 0.4) is 0 Å². The van der Waals surface area contributed by atoms with E-state index in [1.807, 2.05) is 42.5 Å². The second-order valence-electron chi connectivity index (χ2n) is 6.34. The van der Waals surface area contributed by atoms with Crippen LogP contribution in [0.2, 0.25) is 10.0 Å². The number of nitrogens with one attached hydrogen (secondary N) is 1. The quantitative estimate of drug-likeness (QED) is 0.733. The third-order valence-electron chi connectivity index (χ3n) is 4.41. The Morgan fingerprint density at radius 2 is 1.72 bits per heavy atom. The zero-order valence-electron chi connectivity index (χ0n) is 14.0. The van der Waals surface area contributed by atoms with Crippen LogP contribution < -0.4 is 9.80 Å². The molecule has 6 heteroatoms. The molecule has 1 aliphatic rings. The van der Waals surface area contributed by atoms with E-state index in [0.29, 0.717) is 5.75 Å². The lowest BCUT2D eigenvalue weighted by Crippen LogP contribution is -3.15. The molecule has 1 aliphatic heterocycles. The Hall–Kier alpha value is -0.910. The molecule has 2 aromatic rings. The summed E-state index contributed by atoms with van der Waals surface area (Å²) in [6, 6.07) is 15.8. The maximum atomic E-state index is 10.3. The number of anilines is 1. The smallest absolute Gasteiger partial charge is 0.112 e. The van der Waals surface area contributed by atoms with Gasteiger partial charge in [0.1, 0.15) is 12.6 Å². The number of quaternary nitrogens is 1. The van der Waals surface area contributed by atoms with Crippen molar-refractivity contribution in [2.24, 2.45) is 0 Å². The highest BCUT2D eigenvalue weighted by Gasteiger charge is 2.22. The first-order valence-corrected chi connectivity index (χ1v) is 10.2. The van der Waals surface area contributed by atoms with E-state index in [1.54, 1.807) is 11.8 Å². The average molecular weight is 398 g/mol. The molecule has 0 saturated carbocycles. The van der Waals surface area contributed by atoms with Crippen molar-refractivity contribution in [2.75, 3.05) is 43.4 Å². The highest BCUT2D eigenvalue weighted by Crippen LogP contribution is 2.22. The van der Waals surface area contributed by atoms with Gasteiger partial charge in [0.05, 0.1) is 26.2 Å². The Labute approximate surface area is 163 Å². The fraction of sp³-hybridized carbons (Fsp3) is 0.368. The molecule has 2 N–H and O–H groups in total. The second-order valence-corrected chi connectivity index (χ2v) is 8.31. The molecule has 2 aromatic carbocycles. The molecule has 1 heterocycles. The Bertz CT molecular complexity index is 693. The normalized spacial score (nSPS) is 16.8.